The topological polar surface area (TPSA) is 84.9 Å². The number of fused-ring (bicyclic) bond motifs is 1. The van der Waals surface area contributed by atoms with E-state index < -0.39 is 5.97 Å². The molecule has 0 bridgehead atoms. The number of carbonyl (C=O) groups is 2. The third-order valence-electron chi connectivity index (χ3n) is 4.62. The molecule has 142 valence electrons. The van der Waals surface area contributed by atoms with Crippen LogP contribution >= 0.6 is 0 Å². The van der Waals surface area contributed by atoms with Gasteiger partial charge in [0, 0.05) is 12.0 Å². The summed E-state index contributed by atoms with van der Waals surface area (Å²) >= 11 is 0. The minimum atomic E-state index is -0.979. The number of hydrogen-bond acceptors (Lipinski definition) is 4. The van der Waals surface area contributed by atoms with E-state index in [0.717, 1.165) is 22.6 Å². The van der Waals surface area contributed by atoms with Gasteiger partial charge in [0.05, 0.1) is 12.0 Å². The molecule has 3 rings (SSSR count). The first kappa shape index (κ1) is 18.8. The molecule has 0 radical (unpaired) electrons. The monoisotopic (exact) mass is 369 g/mol. The highest BCUT2D eigenvalue weighted by molar-refractivity contribution is 5.87. The number of nitrogens with one attached hydrogen (secondary N) is 1. The Morgan fingerprint density at radius 2 is 1.70 bits per heavy atom. The first-order valence-corrected chi connectivity index (χ1v) is 8.84. The van der Waals surface area contributed by atoms with Crippen LogP contribution in [0.2, 0.25) is 0 Å². The summed E-state index contributed by atoms with van der Waals surface area (Å²) in [6, 6.07) is 12.2. The van der Waals surface area contributed by atoms with E-state index in [0.29, 0.717) is 19.8 Å². The van der Waals surface area contributed by atoms with Crippen LogP contribution in [0.5, 0.6) is 11.5 Å². The predicted molar refractivity (Wildman–Crippen MR) is 101 cm³/mol. The van der Waals surface area contributed by atoms with E-state index in [1.807, 2.05) is 18.2 Å². The van der Waals surface area contributed by atoms with Crippen LogP contribution in [0.4, 0.5) is 0 Å². The van der Waals surface area contributed by atoms with Crippen LogP contribution in [0.1, 0.15) is 35.3 Å². The van der Waals surface area contributed by atoms with Gasteiger partial charge in [-0.05, 0) is 35.4 Å². The average Bonchev–Trinajstić information content (AvgIpc) is 2.66. The second kappa shape index (κ2) is 7.70. The second-order valence-electron chi connectivity index (χ2n) is 7.20. The molecule has 2 aromatic rings. The number of carbonyl (C=O) groups excluding carboxylic acids is 1. The molecule has 0 saturated heterocycles. The number of aromatic carboxylic acids is 1. The van der Waals surface area contributed by atoms with Crippen molar-refractivity contribution in [1.29, 1.82) is 0 Å². The van der Waals surface area contributed by atoms with Gasteiger partial charge in [-0.3, -0.25) is 4.79 Å². The van der Waals surface area contributed by atoms with Crippen molar-refractivity contribution in [3.63, 3.8) is 0 Å². The maximum Gasteiger partial charge on any atom is 0.335 e. The first-order chi connectivity index (χ1) is 12.8. The van der Waals surface area contributed by atoms with Crippen molar-refractivity contribution < 1.29 is 24.2 Å². The zero-order chi connectivity index (χ0) is 19.4. The zero-order valence-electron chi connectivity index (χ0n) is 15.5. The molecule has 0 saturated carbocycles. The van der Waals surface area contributed by atoms with Crippen molar-refractivity contribution in [2.24, 2.45) is 0 Å². The summed E-state index contributed by atoms with van der Waals surface area (Å²) in [6.07, 6.45) is 0.205. The molecular weight excluding hydrogens is 346 g/mol. The van der Waals surface area contributed by atoms with Gasteiger partial charge in [0.25, 0.3) is 0 Å². The van der Waals surface area contributed by atoms with Crippen LogP contribution in [0, 0.1) is 0 Å². The number of ether oxygens (including phenoxy) is 2. The Morgan fingerprint density at radius 3 is 2.37 bits per heavy atom. The summed E-state index contributed by atoms with van der Waals surface area (Å²) in [5.74, 6) is 0.391. The van der Waals surface area contributed by atoms with Crippen LogP contribution < -0.4 is 14.8 Å². The lowest BCUT2D eigenvalue weighted by Gasteiger charge is -2.28. The molecule has 6 nitrogen and oxygen atoms in total. The summed E-state index contributed by atoms with van der Waals surface area (Å²) in [5, 5.41) is 11.9. The van der Waals surface area contributed by atoms with Crippen molar-refractivity contribution in [3.05, 3.63) is 59.2 Å². The summed E-state index contributed by atoms with van der Waals surface area (Å²) in [7, 11) is 0. The summed E-state index contributed by atoms with van der Waals surface area (Å²) < 4.78 is 11.2. The maximum absolute atomic E-state index is 12.3. The van der Waals surface area contributed by atoms with Crippen molar-refractivity contribution in [2.45, 2.75) is 25.7 Å². The Morgan fingerprint density at radius 1 is 1.04 bits per heavy atom. The zero-order valence-corrected chi connectivity index (χ0v) is 15.5. The number of benzene rings is 2. The molecule has 1 heterocycles. The van der Waals surface area contributed by atoms with Gasteiger partial charge in [-0.25, -0.2) is 4.79 Å². The van der Waals surface area contributed by atoms with E-state index in [2.05, 4.69) is 19.2 Å². The summed E-state index contributed by atoms with van der Waals surface area (Å²) in [5.41, 5.74) is 1.75. The molecule has 0 spiro atoms. The van der Waals surface area contributed by atoms with Crippen LogP contribution in [0.25, 0.3) is 0 Å². The molecule has 1 aliphatic rings. The van der Waals surface area contributed by atoms with Gasteiger partial charge in [0.1, 0.15) is 13.2 Å². The summed E-state index contributed by atoms with van der Waals surface area (Å²) in [4.78, 5) is 23.1. The minimum Gasteiger partial charge on any atom is -0.486 e. The highest BCUT2D eigenvalue weighted by Crippen LogP contribution is 2.34. The Labute approximate surface area is 158 Å². The van der Waals surface area contributed by atoms with E-state index in [1.54, 1.807) is 12.1 Å². The van der Waals surface area contributed by atoms with Crippen LogP contribution in [0.3, 0.4) is 0 Å². The van der Waals surface area contributed by atoms with Crippen molar-refractivity contribution >= 4 is 11.9 Å². The molecule has 0 fully saturated rings. The standard InChI is InChI=1S/C21H23NO5/c1-21(2,16-7-8-17-18(12-16)27-10-9-26-17)13-22-19(23)11-14-3-5-15(6-4-14)20(24)25/h3-8,12H,9-11,13H2,1-2H3,(H,22,23)(H,24,25). The number of carboxylic acid groups (broad SMARTS) is 1. The minimum absolute atomic E-state index is 0.108. The molecule has 27 heavy (non-hydrogen) atoms. The van der Waals surface area contributed by atoms with E-state index in [9.17, 15) is 9.59 Å². The Bertz CT molecular complexity index is 842. The van der Waals surface area contributed by atoms with Crippen LogP contribution in [-0.2, 0) is 16.6 Å². The lowest BCUT2D eigenvalue weighted by molar-refractivity contribution is -0.120. The van der Waals surface area contributed by atoms with Gasteiger partial charge in [0.15, 0.2) is 11.5 Å². The third kappa shape index (κ3) is 4.58. The van der Waals surface area contributed by atoms with Crippen LogP contribution in [0.15, 0.2) is 42.5 Å². The largest absolute Gasteiger partial charge is 0.486 e. The highest BCUT2D eigenvalue weighted by Gasteiger charge is 2.24. The lowest BCUT2D eigenvalue weighted by Crippen LogP contribution is -2.37. The first-order valence-electron chi connectivity index (χ1n) is 8.84. The SMILES string of the molecule is CC(C)(CNC(=O)Cc1ccc(C(=O)O)cc1)c1ccc2c(c1)OCCO2. The molecule has 1 amide bonds. The molecule has 0 aromatic heterocycles. The normalized spacial score (nSPS) is 13.1. The van der Waals surface area contributed by atoms with Gasteiger partial charge in [-0.15, -0.1) is 0 Å². The molecule has 0 atom stereocenters. The fourth-order valence-electron chi connectivity index (χ4n) is 2.90. The Balaban J connectivity index is 1.59. The molecule has 0 aliphatic carbocycles. The van der Waals surface area contributed by atoms with Gasteiger partial charge in [-0.1, -0.05) is 32.0 Å². The van der Waals surface area contributed by atoms with Gasteiger partial charge in [0.2, 0.25) is 5.91 Å². The highest BCUT2D eigenvalue weighted by atomic mass is 16.6. The van der Waals surface area contributed by atoms with E-state index in [1.165, 1.54) is 12.1 Å². The molecule has 2 N–H and O–H groups in total. The Kier molecular flexibility index (Phi) is 5.35. The van der Waals surface area contributed by atoms with E-state index >= 15 is 0 Å². The lowest BCUT2D eigenvalue weighted by atomic mass is 9.84. The summed E-state index contributed by atoms with van der Waals surface area (Å²) in [6.45, 7) is 5.67. The van der Waals surface area contributed by atoms with Gasteiger partial charge < -0.3 is 19.9 Å². The number of hydrogen-bond donors (Lipinski definition) is 2. The fraction of sp³-hybridized carbons (Fsp3) is 0.333. The molecule has 6 heteroatoms. The number of carboxylic acids is 1. The average molecular weight is 369 g/mol. The van der Waals surface area contributed by atoms with Gasteiger partial charge >= 0.3 is 5.97 Å². The smallest absolute Gasteiger partial charge is 0.335 e. The molecule has 0 unspecified atom stereocenters. The number of amides is 1. The van der Waals surface area contributed by atoms with E-state index in [4.69, 9.17) is 14.6 Å². The van der Waals surface area contributed by atoms with Gasteiger partial charge in [-0.2, -0.15) is 0 Å². The van der Waals surface area contributed by atoms with Crippen molar-refractivity contribution in [3.8, 4) is 11.5 Å². The van der Waals surface area contributed by atoms with Crippen LogP contribution in [-0.4, -0.2) is 36.7 Å². The Hall–Kier alpha value is -3.02. The molecule has 2 aromatic carbocycles. The van der Waals surface area contributed by atoms with Crippen molar-refractivity contribution in [2.75, 3.05) is 19.8 Å². The van der Waals surface area contributed by atoms with Crippen molar-refractivity contribution in [1.82, 2.24) is 5.32 Å². The third-order valence-corrected chi connectivity index (χ3v) is 4.62. The molecule has 1 aliphatic heterocycles. The number of rotatable bonds is 6. The molecular formula is C21H23NO5. The van der Waals surface area contributed by atoms with E-state index in [-0.39, 0.29) is 23.3 Å². The predicted octanol–water partition coefficient (Wildman–Crippen LogP) is 2.79. The second-order valence-corrected chi connectivity index (χ2v) is 7.20. The fourth-order valence-corrected chi connectivity index (χ4v) is 2.90. The quantitative estimate of drug-likeness (QED) is 0.818. The maximum atomic E-state index is 12.3.